The van der Waals surface area contributed by atoms with Gasteiger partial charge in [0.2, 0.25) is 0 Å². The van der Waals surface area contributed by atoms with E-state index in [0.29, 0.717) is 19.6 Å². The highest BCUT2D eigenvalue weighted by atomic mass is 32.2. The molecule has 0 radical (unpaired) electrons. The van der Waals surface area contributed by atoms with Gasteiger partial charge in [-0.1, -0.05) is 19.1 Å². The molecule has 0 N–H and O–H groups in total. The summed E-state index contributed by atoms with van der Waals surface area (Å²) in [4.78, 5) is 23.8. The molecule has 0 aromatic heterocycles. The summed E-state index contributed by atoms with van der Waals surface area (Å²) in [6, 6.07) is 8.49. The van der Waals surface area contributed by atoms with Crippen LogP contribution in [0.2, 0.25) is 0 Å². The van der Waals surface area contributed by atoms with Crippen molar-refractivity contribution in [2.45, 2.75) is 63.1 Å². The van der Waals surface area contributed by atoms with E-state index in [1.165, 1.54) is 16.9 Å². The first kappa shape index (κ1) is 21.9. The van der Waals surface area contributed by atoms with Crippen LogP contribution in [0.15, 0.2) is 29.2 Å². The molecule has 0 saturated carbocycles. The Balaban J connectivity index is 1.54. The number of thioether (sulfide) groups is 1. The Bertz CT molecular complexity index is 566. The van der Waals surface area contributed by atoms with Crippen LogP contribution in [-0.4, -0.2) is 43.6 Å². The van der Waals surface area contributed by atoms with Crippen LogP contribution >= 0.6 is 11.8 Å². The maximum Gasteiger partial charge on any atom is 0.313 e. The van der Waals surface area contributed by atoms with Crippen LogP contribution in [0.1, 0.15) is 51.0 Å². The average Bonchev–Trinajstić information content (AvgIpc) is 2.69. The zero-order valence-corrected chi connectivity index (χ0v) is 16.9. The van der Waals surface area contributed by atoms with Crippen molar-refractivity contribution < 1.29 is 23.8 Å². The molecule has 6 heteroatoms. The van der Waals surface area contributed by atoms with E-state index in [1.54, 1.807) is 18.7 Å². The molecule has 1 atom stereocenters. The summed E-state index contributed by atoms with van der Waals surface area (Å²) in [5.74, 6) is 0.374. The van der Waals surface area contributed by atoms with Crippen molar-refractivity contribution in [3.8, 4) is 0 Å². The standard InChI is InChI=1S/C21H30O5S/c1-2-18(22)16-20(23)24-13-5-15-27-19-9-7-17(8-10-19)11-14-26-21-6-3-4-12-25-21/h7-10,21H,2-6,11-16H2,1H3. The van der Waals surface area contributed by atoms with Gasteiger partial charge in [-0.15, -0.1) is 11.8 Å². The lowest BCUT2D eigenvalue weighted by molar-refractivity contribution is -0.161. The number of rotatable bonds is 12. The predicted octanol–water partition coefficient (Wildman–Crippen LogP) is 4.17. The van der Waals surface area contributed by atoms with Crippen molar-refractivity contribution in [1.29, 1.82) is 0 Å². The second-order valence-electron chi connectivity index (χ2n) is 6.55. The van der Waals surface area contributed by atoms with Gasteiger partial charge in [0.15, 0.2) is 6.29 Å². The fraction of sp³-hybridized carbons (Fsp3) is 0.619. The molecular weight excluding hydrogens is 364 g/mol. The molecule has 2 rings (SSSR count). The molecule has 1 fully saturated rings. The molecule has 1 aromatic carbocycles. The third-order valence-electron chi connectivity index (χ3n) is 4.31. The molecule has 1 aromatic rings. The van der Waals surface area contributed by atoms with E-state index in [0.717, 1.165) is 38.0 Å². The number of Topliss-reactive ketones (excluding diaryl/α,β-unsaturated/α-hetero) is 1. The molecule has 1 unspecified atom stereocenters. The van der Waals surface area contributed by atoms with Crippen molar-refractivity contribution in [2.75, 3.05) is 25.6 Å². The smallest absolute Gasteiger partial charge is 0.313 e. The van der Waals surface area contributed by atoms with Crippen LogP contribution in [0.25, 0.3) is 0 Å². The number of hydrogen-bond acceptors (Lipinski definition) is 6. The van der Waals surface area contributed by atoms with E-state index >= 15 is 0 Å². The number of carbonyl (C=O) groups excluding carboxylic acids is 2. The van der Waals surface area contributed by atoms with Gasteiger partial charge in [-0.2, -0.15) is 0 Å². The summed E-state index contributed by atoms with van der Waals surface area (Å²) in [6.07, 6.45) is 5.23. The van der Waals surface area contributed by atoms with Crippen LogP contribution in [0.3, 0.4) is 0 Å². The number of ether oxygens (including phenoxy) is 3. The van der Waals surface area contributed by atoms with E-state index in [4.69, 9.17) is 14.2 Å². The van der Waals surface area contributed by atoms with Gasteiger partial charge >= 0.3 is 5.97 Å². The lowest BCUT2D eigenvalue weighted by Gasteiger charge is -2.22. The number of esters is 1. The molecule has 27 heavy (non-hydrogen) atoms. The Kier molecular flexibility index (Phi) is 10.5. The van der Waals surface area contributed by atoms with Crippen molar-refractivity contribution in [2.24, 2.45) is 0 Å². The molecule has 0 amide bonds. The molecule has 0 spiro atoms. The number of hydrogen-bond donors (Lipinski definition) is 0. The predicted molar refractivity (Wildman–Crippen MR) is 106 cm³/mol. The van der Waals surface area contributed by atoms with Crippen molar-refractivity contribution in [3.63, 3.8) is 0 Å². The van der Waals surface area contributed by atoms with Crippen LogP contribution in [0.5, 0.6) is 0 Å². The highest BCUT2D eigenvalue weighted by molar-refractivity contribution is 7.99. The monoisotopic (exact) mass is 394 g/mol. The summed E-state index contributed by atoms with van der Waals surface area (Å²) in [5, 5.41) is 0. The zero-order chi connectivity index (χ0) is 19.3. The van der Waals surface area contributed by atoms with Gasteiger partial charge in [0.25, 0.3) is 0 Å². The van der Waals surface area contributed by atoms with Crippen molar-refractivity contribution >= 4 is 23.5 Å². The van der Waals surface area contributed by atoms with Gasteiger partial charge in [-0.3, -0.25) is 9.59 Å². The Labute approximate surface area is 166 Å². The minimum atomic E-state index is -0.419. The lowest BCUT2D eigenvalue weighted by atomic mass is 10.1. The second kappa shape index (κ2) is 12.9. The molecule has 0 bridgehead atoms. The van der Waals surface area contributed by atoms with Gasteiger partial charge in [-0.25, -0.2) is 0 Å². The molecule has 1 saturated heterocycles. The third kappa shape index (κ3) is 9.40. The van der Waals surface area contributed by atoms with Crippen LogP contribution in [0.4, 0.5) is 0 Å². The Hall–Kier alpha value is -1.37. The number of benzene rings is 1. The van der Waals surface area contributed by atoms with Gasteiger partial charge in [0.1, 0.15) is 12.2 Å². The lowest BCUT2D eigenvalue weighted by Crippen LogP contribution is -2.23. The molecule has 0 aliphatic carbocycles. The van der Waals surface area contributed by atoms with Crippen molar-refractivity contribution in [1.82, 2.24) is 0 Å². The molecule has 1 aliphatic rings. The number of carbonyl (C=O) groups is 2. The minimum absolute atomic E-state index is 0.0252. The van der Waals surface area contributed by atoms with E-state index in [9.17, 15) is 9.59 Å². The maximum absolute atomic E-state index is 11.4. The van der Waals surface area contributed by atoms with Gasteiger partial charge < -0.3 is 14.2 Å². The second-order valence-corrected chi connectivity index (χ2v) is 7.72. The fourth-order valence-corrected chi connectivity index (χ4v) is 3.50. The van der Waals surface area contributed by atoms with Gasteiger partial charge in [0.05, 0.1) is 13.2 Å². The van der Waals surface area contributed by atoms with E-state index in [-0.39, 0.29) is 18.5 Å². The molecule has 5 nitrogen and oxygen atoms in total. The maximum atomic E-state index is 11.4. The highest BCUT2D eigenvalue weighted by Gasteiger charge is 2.13. The van der Waals surface area contributed by atoms with Crippen LogP contribution in [0, 0.1) is 0 Å². The summed E-state index contributed by atoms with van der Waals surface area (Å²) >= 11 is 1.74. The molecule has 150 valence electrons. The first-order valence-electron chi connectivity index (χ1n) is 9.79. The van der Waals surface area contributed by atoms with E-state index < -0.39 is 5.97 Å². The molecule has 1 heterocycles. The highest BCUT2D eigenvalue weighted by Crippen LogP contribution is 2.20. The first-order valence-corrected chi connectivity index (χ1v) is 10.8. The minimum Gasteiger partial charge on any atom is -0.465 e. The fourth-order valence-electron chi connectivity index (χ4n) is 2.68. The Morgan fingerprint density at radius 1 is 1.19 bits per heavy atom. The number of ketones is 1. The van der Waals surface area contributed by atoms with E-state index in [2.05, 4.69) is 24.3 Å². The summed E-state index contributed by atoms with van der Waals surface area (Å²) < 4.78 is 16.4. The van der Waals surface area contributed by atoms with Crippen molar-refractivity contribution in [3.05, 3.63) is 29.8 Å². The zero-order valence-electron chi connectivity index (χ0n) is 16.1. The Morgan fingerprint density at radius 3 is 2.70 bits per heavy atom. The average molecular weight is 395 g/mol. The third-order valence-corrected chi connectivity index (χ3v) is 5.41. The first-order chi connectivity index (χ1) is 13.2. The topological polar surface area (TPSA) is 61.8 Å². The summed E-state index contributed by atoms with van der Waals surface area (Å²) in [5.41, 5.74) is 1.25. The summed E-state index contributed by atoms with van der Waals surface area (Å²) in [7, 11) is 0. The molecule has 1 aliphatic heterocycles. The van der Waals surface area contributed by atoms with Crippen LogP contribution < -0.4 is 0 Å². The summed E-state index contributed by atoms with van der Waals surface area (Å²) in [6.45, 7) is 3.60. The van der Waals surface area contributed by atoms with E-state index in [1.807, 2.05) is 0 Å². The quantitative estimate of drug-likeness (QED) is 0.229. The molecular formula is C21H30O5S. The SMILES string of the molecule is CCC(=O)CC(=O)OCCCSc1ccc(CCOC2CCCCO2)cc1. The van der Waals surface area contributed by atoms with Crippen LogP contribution in [-0.2, 0) is 30.2 Å². The normalized spacial score (nSPS) is 16.9. The van der Waals surface area contributed by atoms with Gasteiger partial charge in [0, 0.05) is 23.7 Å². The Morgan fingerprint density at radius 2 is 2.00 bits per heavy atom. The van der Waals surface area contributed by atoms with Gasteiger partial charge in [-0.05, 0) is 49.8 Å². The largest absolute Gasteiger partial charge is 0.465 e.